The molecular formula is C14H19NO4. The van der Waals surface area contributed by atoms with Crippen LogP contribution in [0.4, 0.5) is 0 Å². The first-order valence-electron chi connectivity index (χ1n) is 6.12. The first kappa shape index (κ1) is 15.0. The summed E-state index contributed by atoms with van der Waals surface area (Å²) in [6.07, 6.45) is 0.130. The second-order valence-electron chi connectivity index (χ2n) is 4.49. The molecule has 104 valence electrons. The number of carboxylic acids is 1. The average molecular weight is 265 g/mol. The van der Waals surface area contributed by atoms with Gasteiger partial charge in [0.25, 0.3) is 0 Å². The number of carboxylic acid groups (broad SMARTS) is 1. The van der Waals surface area contributed by atoms with Gasteiger partial charge in [0.1, 0.15) is 11.8 Å². The summed E-state index contributed by atoms with van der Waals surface area (Å²) < 4.78 is 5.50. The summed E-state index contributed by atoms with van der Waals surface area (Å²) in [5.74, 6) is -0.645. The van der Waals surface area contributed by atoms with Gasteiger partial charge in [-0.05, 0) is 32.4 Å². The molecule has 0 saturated heterocycles. The number of carbonyl (C=O) groups excluding carboxylic acids is 1. The van der Waals surface area contributed by atoms with Crippen LogP contribution in [-0.2, 0) is 9.59 Å². The molecule has 0 radical (unpaired) electrons. The van der Waals surface area contributed by atoms with Crippen LogP contribution >= 0.6 is 0 Å². The van der Waals surface area contributed by atoms with Gasteiger partial charge in [-0.3, -0.25) is 9.59 Å². The molecule has 0 aromatic heterocycles. The monoisotopic (exact) mass is 265 g/mol. The third kappa shape index (κ3) is 4.99. The van der Waals surface area contributed by atoms with Gasteiger partial charge in [0, 0.05) is 0 Å². The molecule has 0 fully saturated rings. The number of hydrogen-bond donors (Lipinski definition) is 2. The molecule has 0 aliphatic heterocycles. The van der Waals surface area contributed by atoms with Crippen molar-refractivity contribution in [1.82, 2.24) is 5.32 Å². The molecular weight excluding hydrogens is 246 g/mol. The highest BCUT2D eigenvalue weighted by Gasteiger charge is 2.13. The molecule has 0 spiro atoms. The van der Waals surface area contributed by atoms with Crippen molar-refractivity contribution in [2.45, 2.75) is 33.2 Å². The quantitative estimate of drug-likeness (QED) is 0.820. The van der Waals surface area contributed by atoms with E-state index in [0.29, 0.717) is 0 Å². The van der Waals surface area contributed by atoms with E-state index in [1.54, 1.807) is 0 Å². The van der Waals surface area contributed by atoms with Crippen LogP contribution in [0.3, 0.4) is 0 Å². The SMILES string of the molecule is Cc1ccc(OCCC(=O)N[C@@H](C)C(=O)O)c(C)c1. The summed E-state index contributed by atoms with van der Waals surface area (Å²) in [5.41, 5.74) is 2.16. The third-order valence-corrected chi connectivity index (χ3v) is 2.67. The van der Waals surface area contributed by atoms with E-state index in [0.717, 1.165) is 16.9 Å². The number of aryl methyl sites for hydroxylation is 2. The molecule has 0 bridgehead atoms. The smallest absolute Gasteiger partial charge is 0.325 e. The maximum absolute atomic E-state index is 11.4. The number of benzene rings is 1. The van der Waals surface area contributed by atoms with Crippen molar-refractivity contribution in [2.24, 2.45) is 0 Å². The molecule has 1 rings (SSSR count). The molecule has 5 nitrogen and oxygen atoms in total. The van der Waals surface area contributed by atoms with Gasteiger partial charge in [0.05, 0.1) is 13.0 Å². The van der Waals surface area contributed by atoms with Crippen molar-refractivity contribution in [3.63, 3.8) is 0 Å². The van der Waals surface area contributed by atoms with Gasteiger partial charge in [-0.1, -0.05) is 17.7 Å². The van der Waals surface area contributed by atoms with Crippen LogP contribution in [0.5, 0.6) is 5.75 Å². The van der Waals surface area contributed by atoms with Crippen LogP contribution in [0.15, 0.2) is 18.2 Å². The first-order valence-corrected chi connectivity index (χ1v) is 6.12. The lowest BCUT2D eigenvalue weighted by Crippen LogP contribution is -2.38. The van der Waals surface area contributed by atoms with Gasteiger partial charge >= 0.3 is 5.97 Å². The Labute approximate surface area is 112 Å². The Morgan fingerprint density at radius 3 is 2.63 bits per heavy atom. The largest absolute Gasteiger partial charge is 0.493 e. The fraction of sp³-hybridized carbons (Fsp3) is 0.429. The number of ether oxygens (including phenoxy) is 1. The Bertz CT molecular complexity index is 471. The summed E-state index contributed by atoms with van der Waals surface area (Å²) in [6.45, 7) is 5.58. The Kier molecular flexibility index (Phi) is 5.36. The van der Waals surface area contributed by atoms with Gasteiger partial charge in [-0.15, -0.1) is 0 Å². The standard InChI is InChI=1S/C14H19NO4/c1-9-4-5-12(10(2)8-9)19-7-6-13(16)15-11(3)14(17)18/h4-5,8,11H,6-7H2,1-3H3,(H,15,16)(H,17,18)/t11-/m0/s1. The molecule has 1 atom stereocenters. The lowest BCUT2D eigenvalue weighted by atomic mass is 10.1. The summed E-state index contributed by atoms with van der Waals surface area (Å²) in [7, 11) is 0. The number of hydrogen-bond acceptors (Lipinski definition) is 3. The van der Waals surface area contributed by atoms with Gasteiger partial charge in [-0.25, -0.2) is 0 Å². The first-order chi connectivity index (χ1) is 8.90. The summed E-state index contributed by atoms with van der Waals surface area (Å²) in [6, 6.07) is 4.92. The van der Waals surface area contributed by atoms with Crippen LogP contribution in [-0.4, -0.2) is 29.6 Å². The van der Waals surface area contributed by atoms with Crippen LogP contribution in [0, 0.1) is 13.8 Å². The van der Waals surface area contributed by atoms with Gasteiger partial charge in [-0.2, -0.15) is 0 Å². The van der Waals surface area contributed by atoms with Crippen LogP contribution in [0.1, 0.15) is 24.5 Å². The lowest BCUT2D eigenvalue weighted by Gasteiger charge is -2.11. The van der Waals surface area contributed by atoms with Gasteiger partial charge in [0.15, 0.2) is 0 Å². The molecule has 0 heterocycles. The maximum Gasteiger partial charge on any atom is 0.325 e. The molecule has 1 aromatic carbocycles. The predicted molar refractivity (Wildman–Crippen MR) is 71.3 cm³/mol. The molecule has 1 amide bonds. The van der Waals surface area contributed by atoms with Crippen LogP contribution < -0.4 is 10.1 Å². The van der Waals surface area contributed by atoms with E-state index in [9.17, 15) is 9.59 Å². The van der Waals surface area contributed by atoms with E-state index in [1.165, 1.54) is 6.92 Å². The summed E-state index contributed by atoms with van der Waals surface area (Å²) in [4.78, 5) is 22.0. The number of aliphatic carboxylic acids is 1. The van der Waals surface area contributed by atoms with E-state index in [-0.39, 0.29) is 18.9 Å². The van der Waals surface area contributed by atoms with Crippen molar-refractivity contribution >= 4 is 11.9 Å². The summed E-state index contributed by atoms with van der Waals surface area (Å²) >= 11 is 0. The van der Waals surface area contributed by atoms with E-state index in [1.807, 2.05) is 32.0 Å². The molecule has 19 heavy (non-hydrogen) atoms. The minimum Gasteiger partial charge on any atom is -0.493 e. The van der Waals surface area contributed by atoms with Gasteiger partial charge in [0.2, 0.25) is 5.91 Å². The van der Waals surface area contributed by atoms with Crippen LogP contribution in [0.2, 0.25) is 0 Å². The number of nitrogens with one attached hydrogen (secondary N) is 1. The Morgan fingerprint density at radius 1 is 1.37 bits per heavy atom. The van der Waals surface area contributed by atoms with E-state index >= 15 is 0 Å². The average Bonchev–Trinajstić information content (AvgIpc) is 2.31. The molecule has 5 heteroatoms. The minimum atomic E-state index is -1.05. The second-order valence-corrected chi connectivity index (χ2v) is 4.49. The Morgan fingerprint density at radius 2 is 2.05 bits per heavy atom. The Balaban J connectivity index is 2.38. The van der Waals surface area contributed by atoms with Crippen molar-refractivity contribution in [1.29, 1.82) is 0 Å². The topological polar surface area (TPSA) is 75.6 Å². The van der Waals surface area contributed by atoms with Gasteiger partial charge < -0.3 is 15.2 Å². The Hall–Kier alpha value is -2.04. The fourth-order valence-corrected chi connectivity index (χ4v) is 1.59. The fourth-order valence-electron chi connectivity index (χ4n) is 1.59. The molecule has 2 N–H and O–H groups in total. The lowest BCUT2D eigenvalue weighted by molar-refractivity contribution is -0.141. The normalized spacial score (nSPS) is 11.7. The van der Waals surface area contributed by atoms with Crippen molar-refractivity contribution < 1.29 is 19.4 Å². The maximum atomic E-state index is 11.4. The van der Waals surface area contributed by atoms with Crippen LogP contribution in [0.25, 0.3) is 0 Å². The predicted octanol–water partition coefficient (Wildman–Crippen LogP) is 1.66. The zero-order valence-corrected chi connectivity index (χ0v) is 11.4. The van der Waals surface area contributed by atoms with Crippen molar-refractivity contribution in [3.05, 3.63) is 29.3 Å². The highest BCUT2D eigenvalue weighted by atomic mass is 16.5. The van der Waals surface area contributed by atoms with Crippen molar-refractivity contribution in [2.75, 3.05) is 6.61 Å². The number of rotatable bonds is 6. The second kappa shape index (κ2) is 6.78. The molecule has 0 aliphatic carbocycles. The highest BCUT2D eigenvalue weighted by molar-refractivity contribution is 5.83. The van der Waals surface area contributed by atoms with E-state index in [2.05, 4.69) is 5.32 Å². The zero-order chi connectivity index (χ0) is 14.4. The minimum absolute atomic E-state index is 0.130. The zero-order valence-electron chi connectivity index (χ0n) is 11.4. The summed E-state index contributed by atoms with van der Waals surface area (Å²) in [5, 5.41) is 11.0. The van der Waals surface area contributed by atoms with E-state index < -0.39 is 12.0 Å². The molecule has 0 unspecified atom stereocenters. The molecule has 0 aliphatic rings. The van der Waals surface area contributed by atoms with Crippen molar-refractivity contribution in [3.8, 4) is 5.75 Å². The third-order valence-electron chi connectivity index (χ3n) is 2.67. The number of amides is 1. The number of carbonyl (C=O) groups is 2. The highest BCUT2D eigenvalue weighted by Crippen LogP contribution is 2.18. The van der Waals surface area contributed by atoms with E-state index in [4.69, 9.17) is 9.84 Å². The molecule has 1 aromatic rings. The molecule has 0 saturated carbocycles.